The van der Waals surface area contributed by atoms with Crippen LogP contribution in [-0.2, 0) is 4.79 Å². The molecule has 9 heavy (non-hydrogen) atoms. The first kappa shape index (κ1) is 8.92. The van der Waals surface area contributed by atoms with Crippen molar-refractivity contribution < 1.29 is 22.9 Å². The molecule has 0 amide bonds. The van der Waals surface area contributed by atoms with Crippen LogP contribution in [0.3, 0.4) is 0 Å². The zero-order chi connectivity index (χ0) is 5.98. The van der Waals surface area contributed by atoms with E-state index < -0.39 is 0 Å². The van der Waals surface area contributed by atoms with Gasteiger partial charge in [0.2, 0.25) is 0 Å². The third-order valence-electron chi connectivity index (χ3n) is 1.66. The lowest BCUT2D eigenvalue weighted by molar-refractivity contribution is -0.423. The van der Waals surface area contributed by atoms with Crippen molar-refractivity contribution in [2.45, 2.75) is 31.7 Å². The van der Waals surface area contributed by atoms with E-state index >= 15 is 0 Å². The summed E-state index contributed by atoms with van der Waals surface area (Å²) in [7, 11) is 0. The van der Waals surface area contributed by atoms with Crippen LogP contribution in [0, 0.1) is 0 Å². The molecule has 0 aromatic carbocycles. The molecule has 0 heterocycles. The Morgan fingerprint density at radius 3 is 2.11 bits per heavy atom. The van der Waals surface area contributed by atoms with Gasteiger partial charge in [0.05, 0.1) is 6.04 Å². The summed E-state index contributed by atoms with van der Waals surface area (Å²) in [6, 6.07) is 0.549. The number of ketones is 1. The molecular formula is C6H12ClNO. The summed E-state index contributed by atoms with van der Waals surface area (Å²) in [4.78, 5) is 10.6. The van der Waals surface area contributed by atoms with Crippen molar-refractivity contribution in [2.75, 3.05) is 0 Å². The van der Waals surface area contributed by atoms with Gasteiger partial charge in [-0.05, 0) is 0 Å². The zero-order valence-electron chi connectivity index (χ0n) is 5.40. The fourth-order valence-electron chi connectivity index (χ4n) is 1.000. The zero-order valence-corrected chi connectivity index (χ0v) is 6.16. The van der Waals surface area contributed by atoms with Gasteiger partial charge in [-0.2, -0.15) is 0 Å². The minimum atomic E-state index is 0. The molecule has 0 unspecified atom stereocenters. The van der Waals surface area contributed by atoms with Gasteiger partial charge in [-0.15, -0.1) is 0 Å². The lowest BCUT2D eigenvalue weighted by Crippen LogP contribution is -3.00. The Labute approximate surface area is 61.2 Å². The number of hydrogen-bond donors (Lipinski definition) is 1. The second-order valence-corrected chi connectivity index (χ2v) is 2.48. The number of carbonyl (C=O) groups excluding carboxylic acids is 1. The van der Waals surface area contributed by atoms with Crippen LogP contribution in [0.2, 0.25) is 0 Å². The number of rotatable bonds is 0. The summed E-state index contributed by atoms with van der Waals surface area (Å²) in [5.74, 6) is 0.421. The summed E-state index contributed by atoms with van der Waals surface area (Å²) in [6.07, 6.45) is 3.57. The SMILES string of the molecule is [Cl-].[NH3+]C1CCC(=O)CC1. The fourth-order valence-corrected chi connectivity index (χ4v) is 1.000. The minimum absolute atomic E-state index is 0. The Bertz CT molecular complexity index is 95.2. The largest absolute Gasteiger partial charge is 1.00 e. The van der Waals surface area contributed by atoms with Crippen LogP contribution in [0.5, 0.6) is 0 Å². The molecule has 0 saturated heterocycles. The van der Waals surface area contributed by atoms with E-state index in [0.29, 0.717) is 11.8 Å². The number of quaternary nitrogens is 1. The average Bonchev–Trinajstić information content (AvgIpc) is 1.77. The van der Waals surface area contributed by atoms with Crippen molar-refractivity contribution in [1.29, 1.82) is 0 Å². The molecule has 0 bridgehead atoms. The summed E-state index contributed by atoms with van der Waals surface area (Å²) in [6.45, 7) is 0. The van der Waals surface area contributed by atoms with E-state index in [0.717, 1.165) is 25.7 Å². The summed E-state index contributed by atoms with van der Waals surface area (Å²) < 4.78 is 0. The van der Waals surface area contributed by atoms with Gasteiger partial charge in [-0.3, -0.25) is 4.79 Å². The van der Waals surface area contributed by atoms with Crippen molar-refractivity contribution in [3.8, 4) is 0 Å². The maximum absolute atomic E-state index is 10.6. The van der Waals surface area contributed by atoms with Gasteiger partial charge in [-0.25, -0.2) is 0 Å². The number of Topliss-reactive ketones (excluding diaryl/α,β-unsaturated/α-hetero) is 1. The Morgan fingerprint density at radius 2 is 1.78 bits per heavy atom. The van der Waals surface area contributed by atoms with E-state index in [9.17, 15) is 4.79 Å². The molecule has 3 N–H and O–H groups in total. The highest BCUT2D eigenvalue weighted by Gasteiger charge is 2.16. The predicted molar refractivity (Wildman–Crippen MR) is 30.2 cm³/mol. The van der Waals surface area contributed by atoms with E-state index in [4.69, 9.17) is 0 Å². The van der Waals surface area contributed by atoms with Crippen LogP contribution in [0.15, 0.2) is 0 Å². The first-order valence-electron chi connectivity index (χ1n) is 3.14. The van der Waals surface area contributed by atoms with E-state index in [1.807, 2.05) is 0 Å². The molecule has 0 aromatic heterocycles. The van der Waals surface area contributed by atoms with Gasteiger partial charge < -0.3 is 18.1 Å². The maximum atomic E-state index is 10.6. The smallest absolute Gasteiger partial charge is 0.133 e. The normalized spacial score (nSPS) is 21.2. The Hall–Kier alpha value is -0.0800. The van der Waals surface area contributed by atoms with E-state index in [2.05, 4.69) is 5.73 Å². The average molecular weight is 150 g/mol. The summed E-state index contributed by atoms with van der Waals surface area (Å²) in [5, 5.41) is 0. The molecule has 1 saturated carbocycles. The topological polar surface area (TPSA) is 44.7 Å². The third-order valence-corrected chi connectivity index (χ3v) is 1.66. The third kappa shape index (κ3) is 2.82. The van der Waals surface area contributed by atoms with Crippen LogP contribution >= 0.6 is 0 Å². The standard InChI is InChI=1S/C6H11NO.ClH/c7-5-1-3-6(8)4-2-5;/h5H,1-4,7H2;1H. The number of halogens is 1. The van der Waals surface area contributed by atoms with Gasteiger partial charge in [0, 0.05) is 25.7 Å². The molecule has 0 radical (unpaired) electrons. The highest BCUT2D eigenvalue weighted by molar-refractivity contribution is 5.79. The monoisotopic (exact) mass is 149 g/mol. The lowest BCUT2D eigenvalue weighted by atomic mass is 9.95. The van der Waals surface area contributed by atoms with Crippen molar-refractivity contribution in [3.63, 3.8) is 0 Å². The fraction of sp³-hybridized carbons (Fsp3) is 0.833. The summed E-state index contributed by atoms with van der Waals surface area (Å²) in [5.41, 5.74) is 3.88. The molecule has 0 aliphatic heterocycles. The van der Waals surface area contributed by atoms with Gasteiger partial charge in [0.1, 0.15) is 5.78 Å². The number of hydrogen-bond acceptors (Lipinski definition) is 1. The molecule has 1 fully saturated rings. The van der Waals surface area contributed by atoms with Gasteiger partial charge in [0.15, 0.2) is 0 Å². The van der Waals surface area contributed by atoms with E-state index in [1.54, 1.807) is 0 Å². The molecule has 1 aliphatic rings. The molecule has 0 atom stereocenters. The van der Waals surface area contributed by atoms with Crippen LogP contribution < -0.4 is 18.1 Å². The second kappa shape index (κ2) is 3.85. The number of carbonyl (C=O) groups is 1. The van der Waals surface area contributed by atoms with Crippen LogP contribution in [-0.4, -0.2) is 11.8 Å². The molecule has 54 valence electrons. The Balaban J connectivity index is 0.000000640. The van der Waals surface area contributed by atoms with Crippen LogP contribution in [0.25, 0.3) is 0 Å². The molecule has 0 spiro atoms. The first-order valence-corrected chi connectivity index (χ1v) is 3.14. The second-order valence-electron chi connectivity index (χ2n) is 2.48. The van der Waals surface area contributed by atoms with Crippen molar-refractivity contribution in [3.05, 3.63) is 0 Å². The Kier molecular flexibility index (Phi) is 3.82. The minimum Gasteiger partial charge on any atom is -1.00 e. The van der Waals surface area contributed by atoms with Gasteiger partial charge >= 0.3 is 0 Å². The van der Waals surface area contributed by atoms with Crippen molar-refractivity contribution >= 4 is 5.78 Å². The van der Waals surface area contributed by atoms with Gasteiger partial charge in [0.25, 0.3) is 0 Å². The molecule has 2 nitrogen and oxygen atoms in total. The highest BCUT2D eigenvalue weighted by Crippen LogP contribution is 2.10. The van der Waals surface area contributed by atoms with Gasteiger partial charge in [-0.1, -0.05) is 0 Å². The van der Waals surface area contributed by atoms with E-state index in [-0.39, 0.29) is 12.4 Å². The van der Waals surface area contributed by atoms with Crippen LogP contribution in [0.1, 0.15) is 25.7 Å². The van der Waals surface area contributed by atoms with Crippen molar-refractivity contribution in [1.82, 2.24) is 0 Å². The van der Waals surface area contributed by atoms with E-state index in [1.165, 1.54) is 0 Å². The Morgan fingerprint density at radius 1 is 1.33 bits per heavy atom. The predicted octanol–water partition coefficient (Wildman–Crippen LogP) is -3.26. The lowest BCUT2D eigenvalue weighted by Gasteiger charge is -2.11. The molecule has 0 aromatic rings. The molecule has 1 aliphatic carbocycles. The summed E-state index contributed by atoms with van der Waals surface area (Å²) >= 11 is 0. The van der Waals surface area contributed by atoms with Crippen molar-refractivity contribution in [2.24, 2.45) is 0 Å². The maximum Gasteiger partial charge on any atom is 0.133 e. The molecular weight excluding hydrogens is 138 g/mol. The quantitative estimate of drug-likeness (QED) is 0.386. The molecule has 3 heteroatoms. The molecule has 1 rings (SSSR count). The highest BCUT2D eigenvalue weighted by atomic mass is 35.5. The first-order chi connectivity index (χ1) is 3.79. The van der Waals surface area contributed by atoms with Crippen LogP contribution in [0.4, 0.5) is 0 Å².